The second-order valence-electron chi connectivity index (χ2n) is 7.73. The number of nitrogens with one attached hydrogen (secondary N) is 2. The SMILES string of the molecule is CCC1CCC2(CC1)NC(=O)N(CC(=O)NCc1cccc(C(F)(F)F)c1)C2=O. The van der Waals surface area contributed by atoms with Crippen molar-refractivity contribution in [2.75, 3.05) is 6.54 Å². The third-order valence-corrected chi connectivity index (χ3v) is 5.83. The number of rotatable bonds is 5. The van der Waals surface area contributed by atoms with Gasteiger partial charge in [-0.3, -0.25) is 14.5 Å². The molecule has 1 saturated carbocycles. The van der Waals surface area contributed by atoms with Gasteiger partial charge in [0.2, 0.25) is 5.91 Å². The van der Waals surface area contributed by atoms with Crippen LogP contribution in [0.2, 0.25) is 0 Å². The quantitative estimate of drug-likeness (QED) is 0.731. The maximum Gasteiger partial charge on any atom is 0.416 e. The Labute approximate surface area is 166 Å². The molecular weight excluding hydrogens is 387 g/mol. The molecule has 2 fully saturated rings. The molecule has 3 rings (SSSR count). The van der Waals surface area contributed by atoms with Crippen molar-refractivity contribution >= 4 is 17.8 Å². The van der Waals surface area contributed by atoms with Gasteiger partial charge in [0.05, 0.1) is 5.56 Å². The summed E-state index contributed by atoms with van der Waals surface area (Å²) in [6.45, 7) is 1.51. The summed E-state index contributed by atoms with van der Waals surface area (Å²) in [7, 11) is 0. The fraction of sp³-hybridized carbons (Fsp3) is 0.550. The van der Waals surface area contributed by atoms with E-state index in [1.807, 2.05) is 0 Å². The van der Waals surface area contributed by atoms with Crippen LogP contribution >= 0.6 is 0 Å². The van der Waals surface area contributed by atoms with Gasteiger partial charge >= 0.3 is 12.2 Å². The van der Waals surface area contributed by atoms with Gasteiger partial charge in [-0.1, -0.05) is 25.5 Å². The van der Waals surface area contributed by atoms with E-state index in [2.05, 4.69) is 17.6 Å². The first-order valence-electron chi connectivity index (χ1n) is 9.71. The Kier molecular flexibility index (Phi) is 5.86. The summed E-state index contributed by atoms with van der Waals surface area (Å²) >= 11 is 0. The first kappa shape index (κ1) is 21.1. The molecule has 1 aliphatic heterocycles. The second kappa shape index (κ2) is 8.04. The number of carbonyl (C=O) groups excluding carboxylic acids is 3. The molecule has 1 aromatic carbocycles. The molecule has 1 spiro atoms. The largest absolute Gasteiger partial charge is 0.416 e. The van der Waals surface area contributed by atoms with Gasteiger partial charge in [-0.05, 0) is 49.3 Å². The lowest BCUT2D eigenvalue weighted by Gasteiger charge is -2.34. The van der Waals surface area contributed by atoms with Crippen molar-refractivity contribution in [1.29, 1.82) is 0 Å². The minimum Gasteiger partial charge on any atom is -0.350 e. The van der Waals surface area contributed by atoms with Crippen molar-refractivity contribution in [2.45, 2.75) is 57.3 Å². The lowest BCUT2D eigenvalue weighted by molar-refractivity contribution is -0.137. The van der Waals surface area contributed by atoms with Gasteiger partial charge in [0.1, 0.15) is 12.1 Å². The molecule has 29 heavy (non-hydrogen) atoms. The van der Waals surface area contributed by atoms with E-state index in [1.165, 1.54) is 12.1 Å². The minimum atomic E-state index is -4.47. The Bertz CT molecular complexity index is 802. The fourth-order valence-corrected chi connectivity index (χ4v) is 4.00. The van der Waals surface area contributed by atoms with Gasteiger partial charge in [-0.25, -0.2) is 4.79 Å². The topological polar surface area (TPSA) is 78.5 Å². The zero-order valence-electron chi connectivity index (χ0n) is 16.1. The van der Waals surface area contributed by atoms with E-state index in [1.54, 1.807) is 0 Å². The molecule has 6 nitrogen and oxygen atoms in total. The molecule has 0 radical (unpaired) electrons. The summed E-state index contributed by atoms with van der Waals surface area (Å²) in [6, 6.07) is 4.03. The van der Waals surface area contributed by atoms with E-state index in [0.717, 1.165) is 36.3 Å². The molecule has 1 heterocycles. The molecule has 2 aliphatic rings. The number of halogens is 3. The van der Waals surface area contributed by atoms with Crippen LogP contribution in [-0.2, 0) is 22.3 Å². The first-order valence-corrected chi connectivity index (χ1v) is 9.71. The van der Waals surface area contributed by atoms with Gasteiger partial charge < -0.3 is 10.6 Å². The number of urea groups is 1. The summed E-state index contributed by atoms with van der Waals surface area (Å²) < 4.78 is 38.3. The monoisotopic (exact) mass is 411 g/mol. The smallest absolute Gasteiger partial charge is 0.350 e. The van der Waals surface area contributed by atoms with Crippen LogP contribution in [0.1, 0.15) is 50.2 Å². The van der Waals surface area contributed by atoms with Crippen molar-refractivity contribution in [2.24, 2.45) is 5.92 Å². The molecule has 1 aromatic rings. The van der Waals surface area contributed by atoms with E-state index in [4.69, 9.17) is 0 Å². The predicted octanol–water partition coefficient (Wildman–Crippen LogP) is 3.21. The Morgan fingerprint density at radius 1 is 1.28 bits per heavy atom. The molecule has 0 aromatic heterocycles. The molecule has 0 unspecified atom stereocenters. The highest BCUT2D eigenvalue weighted by Gasteiger charge is 2.52. The Hall–Kier alpha value is -2.58. The molecular formula is C20H24F3N3O3. The standard InChI is InChI=1S/C20H24F3N3O3/c1-2-13-6-8-19(9-7-13)17(28)26(18(29)25-19)12-16(27)24-11-14-4-3-5-15(10-14)20(21,22)23/h3-5,10,13H,2,6-9,11-12H2,1H3,(H,24,27)(H,25,29). The van der Waals surface area contributed by atoms with Crippen LogP contribution in [0.25, 0.3) is 0 Å². The lowest BCUT2D eigenvalue weighted by atomic mass is 9.75. The van der Waals surface area contributed by atoms with Crippen LogP contribution < -0.4 is 10.6 Å². The maximum atomic E-state index is 12.8. The summed E-state index contributed by atoms with van der Waals surface area (Å²) in [4.78, 5) is 38.2. The number of benzene rings is 1. The Balaban J connectivity index is 1.57. The zero-order valence-corrected chi connectivity index (χ0v) is 16.1. The van der Waals surface area contributed by atoms with Crippen LogP contribution in [0.4, 0.5) is 18.0 Å². The number of alkyl halides is 3. The number of amides is 4. The third kappa shape index (κ3) is 4.54. The minimum absolute atomic E-state index is 0.129. The van der Waals surface area contributed by atoms with E-state index in [9.17, 15) is 27.6 Å². The lowest BCUT2D eigenvalue weighted by Crippen LogP contribution is -2.50. The average Bonchev–Trinajstić information content (AvgIpc) is 2.91. The molecule has 0 bridgehead atoms. The number of hydrogen-bond donors (Lipinski definition) is 2. The highest BCUT2D eigenvalue weighted by atomic mass is 19.4. The molecule has 9 heteroatoms. The van der Waals surface area contributed by atoms with E-state index in [-0.39, 0.29) is 12.1 Å². The number of imide groups is 1. The van der Waals surface area contributed by atoms with Crippen LogP contribution in [0.3, 0.4) is 0 Å². The number of nitrogens with zero attached hydrogens (tertiary/aromatic N) is 1. The molecule has 1 aliphatic carbocycles. The summed E-state index contributed by atoms with van der Waals surface area (Å²) in [5.41, 5.74) is -1.45. The summed E-state index contributed by atoms with van der Waals surface area (Å²) in [5.74, 6) is -0.466. The van der Waals surface area contributed by atoms with Gasteiger partial charge in [-0.2, -0.15) is 13.2 Å². The van der Waals surface area contributed by atoms with Crippen LogP contribution in [0.5, 0.6) is 0 Å². The van der Waals surface area contributed by atoms with Crippen molar-refractivity contribution in [3.8, 4) is 0 Å². The maximum absolute atomic E-state index is 12.8. The number of hydrogen-bond acceptors (Lipinski definition) is 3. The van der Waals surface area contributed by atoms with Crippen LogP contribution in [0.15, 0.2) is 24.3 Å². The number of carbonyl (C=O) groups is 3. The zero-order chi connectivity index (χ0) is 21.2. The van der Waals surface area contributed by atoms with E-state index >= 15 is 0 Å². The first-order chi connectivity index (χ1) is 13.6. The molecule has 2 N–H and O–H groups in total. The van der Waals surface area contributed by atoms with Gasteiger partial charge in [-0.15, -0.1) is 0 Å². The third-order valence-electron chi connectivity index (χ3n) is 5.83. The van der Waals surface area contributed by atoms with E-state index < -0.39 is 41.7 Å². The summed E-state index contributed by atoms with van der Waals surface area (Å²) in [6.07, 6.45) is -0.641. The van der Waals surface area contributed by atoms with Crippen LogP contribution in [-0.4, -0.2) is 34.8 Å². The molecule has 158 valence electrons. The van der Waals surface area contributed by atoms with Gasteiger partial charge in [0, 0.05) is 6.54 Å². The van der Waals surface area contributed by atoms with Crippen molar-refractivity contribution in [3.05, 3.63) is 35.4 Å². The highest BCUT2D eigenvalue weighted by molar-refractivity contribution is 6.09. The average molecular weight is 411 g/mol. The second-order valence-corrected chi connectivity index (χ2v) is 7.73. The van der Waals surface area contributed by atoms with Gasteiger partial charge in [0.15, 0.2) is 0 Å². The highest BCUT2D eigenvalue weighted by Crippen LogP contribution is 2.37. The molecule has 1 saturated heterocycles. The van der Waals surface area contributed by atoms with E-state index in [0.29, 0.717) is 18.8 Å². The summed E-state index contributed by atoms with van der Waals surface area (Å²) in [5, 5.41) is 5.22. The Morgan fingerprint density at radius 3 is 2.59 bits per heavy atom. The van der Waals surface area contributed by atoms with Crippen molar-refractivity contribution < 1.29 is 27.6 Å². The van der Waals surface area contributed by atoms with Crippen LogP contribution in [0, 0.1) is 5.92 Å². The van der Waals surface area contributed by atoms with Crippen molar-refractivity contribution in [3.63, 3.8) is 0 Å². The normalized spacial score (nSPS) is 24.7. The van der Waals surface area contributed by atoms with Gasteiger partial charge in [0.25, 0.3) is 5.91 Å². The fourth-order valence-electron chi connectivity index (χ4n) is 4.00. The molecule has 0 atom stereocenters. The Morgan fingerprint density at radius 2 is 1.97 bits per heavy atom. The van der Waals surface area contributed by atoms with Crippen molar-refractivity contribution in [1.82, 2.24) is 15.5 Å². The molecule has 4 amide bonds. The predicted molar refractivity (Wildman–Crippen MR) is 98.5 cm³/mol.